The molecule has 2 N–H and O–H groups in total. The normalized spacial score (nSPS) is 12.9. The van der Waals surface area contributed by atoms with Gasteiger partial charge in [0.1, 0.15) is 0 Å². The molecule has 2 heteroatoms. The Kier molecular flexibility index (Phi) is 19.9. The molecule has 0 unspecified atom stereocenters. The van der Waals surface area contributed by atoms with E-state index in [-0.39, 0.29) is 0 Å². The smallest absolute Gasteiger partial charge is 0.0319 e. The van der Waals surface area contributed by atoms with E-state index in [4.69, 9.17) is 10.2 Å². The first-order valence-electron chi connectivity index (χ1n) is 3.04. The van der Waals surface area contributed by atoms with Crippen LogP contribution in [0.4, 0.5) is 0 Å². The van der Waals surface area contributed by atoms with Crippen LogP contribution in [0, 0.1) is 0 Å². The van der Waals surface area contributed by atoms with Crippen molar-refractivity contribution in [1.82, 2.24) is 0 Å². The summed E-state index contributed by atoms with van der Waals surface area (Å²) in [7, 11) is 2.00. The molecule has 0 saturated heterocycles. The van der Waals surface area contributed by atoms with E-state index in [1.807, 2.05) is 0 Å². The molecule has 0 heterocycles. The van der Waals surface area contributed by atoms with Crippen molar-refractivity contribution in [2.45, 2.75) is 19.3 Å². The molecular weight excluding hydrogens is 116 g/mol. The van der Waals surface area contributed by atoms with Crippen molar-refractivity contribution in [3.63, 3.8) is 0 Å². The van der Waals surface area contributed by atoms with Crippen LogP contribution in [0.25, 0.3) is 0 Å². The maximum Gasteiger partial charge on any atom is 0.0319 e. The van der Waals surface area contributed by atoms with Crippen LogP contribution in [-0.2, 0) is 0 Å². The Morgan fingerprint density at radius 2 is 1.22 bits per heavy atom. The van der Waals surface area contributed by atoms with Gasteiger partial charge >= 0.3 is 0 Å². The summed E-state index contributed by atoms with van der Waals surface area (Å²) in [6, 6.07) is 0. The van der Waals surface area contributed by atoms with Crippen molar-refractivity contribution in [3.05, 3.63) is 12.2 Å². The Balaban J connectivity index is 0. The van der Waals surface area contributed by atoms with E-state index in [0.717, 1.165) is 14.2 Å². The van der Waals surface area contributed by atoms with Gasteiger partial charge < -0.3 is 10.2 Å². The molecule has 0 fully saturated rings. The number of hydrogen-bond acceptors (Lipinski definition) is 2. The molecule has 0 aromatic heterocycles. The van der Waals surface area contributed by atoms with Crippen molar-refractivity contribution in [3.8, 4) is 0 Å². The topological polar surface area (TPSA) is 40.5 Å². The Labute approximate surface area is 56.8 Å². The average Bonchev–Trinajstić information content (AvgIpc) is 2.51. The van der Waals surface area contributed by atoms with E-state index in [1.54, 1.807) is 0 Å². The fourth-order valence-electron chi connectivity index (χ4n) is 0.589. The van der Waals surface area contributed by atoms with Crippen LogP contribution in [0.1, 0.15) is 19.3 Å². The predicted molar refractivity (Wildman–Crippen MR) is 39.3 cm³/mol. The summed E-state index contributed by atoms with van der Waals surface area (Å²) in [5.41, 5.74) is 0. The zero-order valence-corrected chi connectivity index (χ0v) is 6.17. The molecule has 0 aromatic carbocycles. The summed E-state index contributed by atoms with van der Waals surface area (Å²) in [6.07, 6.45) is 8.50. The highest BCUT2D eigenvalue weighted by molar-refractivity contribution is 4.88. The van der Waals surface area contributed by atoms with E-state index in [9.17, 15) is 0 Å². The molecule has 0 aromatic rings. The summed E-state index contributed by atoms with van der Waals surface area (Å²) < 4.78 is 0. The number of aliphatic hydroxyl groups is 2. The Morgan fingerprint density at radius 3 is 1.33 bits per heavy atom. The summed E-state index contributed by atoms with van der Waals surface area (Å²) in [5.74, 6) is 0. The van der Waals surface area contributed by atoms with Crippen molar-refractivity contribution < 1.29 is 10.2 Å². The lowest BCUT2D eigenvalue weighted by molar-refractivity contribution is 0.399. The van der Waals surface area contributed by atoms with Crippen molar-refractivity contribution in [1.29, 1.82) is 0 Å². The fourth-order valence-corrected chi connectivity index (χ4v) is 0.589. The largest absolute Gasteiger partial charge is 0.400 e. The second-order valence-electron chi connectivity index (χ2n) is 1.40. The van der Waals surface area contributed by atoms with Gasteiger partial charge in [-0.1, -0.05) is 12.2 Å². The highest BCUT2D eigenvalue weighted by Gasteiger charge is 1.84. The minimum absolute atomic E-state index is 1.00. The van der Waals surface area contributed by atoms with Crippen LogP contribution in [-0.4, -0.2) is 24.4 Å². The molecule has 2 nitrogen and oxygen atoms in total. The molecule has 9 heavy (non-hydrogen) atoms. The lowest BCUT2D eigenvalue weighted by atomic mass is 10.4. The van der Waals surface area contributed by atoms with Gasteiger partial charge in [0.15, 0.2) is 0 Å². The number of hydrogen-bond donors (Lipinski definition) is 2. The van der Waals surface area contributed by atoms with Gasteiger partial charge in [0.25, 0.3) is 0 Å². The van der Waals surface area contributed by atoms with Gasteiger partial charge in [0.05, 0.1) is 0 Å². The van der Waals surface area contributed by atoms with E-state index >= 15 is 0 Å². The first kappa shape index (κ1) is 11.5. The second kappa shape index (κ2) is 15.6. The van der Waals surface area contributed by atoms with Crippen LogP contribution in [0.15, 0.2) is 12.2 Å². The molecule has 0 saturated carbocycles. The van der Waals surface area contributed by atoms with Crippen molar-refractivity contribution in [2.24, 2.45) is 0 Å². The minimum Gasteiger partial charge on any atom is -0.400 e. The van der Waals surface area contributed by atoms with Crippen LogP contribution in [0.2, 0.25) is 0 Å². The van der Waals surface area contributed by atoms with E-state index in [0.29, 0.717) is 0 Å². The van der Waals surface area contributed by atoms with Crippen LogP contribution < -0.4 is 0 Å². The fraction of sp³-hybridized carbons (Fsp3) is 0.714. The van der Waals surface area contributed by atoms with Gasteiger partial charge in [0, 0.05) is 14.2 Å². The van der Waals surface area contributed by atoms with Gasteiger partial charge in [0.2, 0.25) is 0 Å². The third-order valence-electron chi connectivity index (χ3n) is 0.908. The van der Waals surface area contributed by atoms with Gasteiger partial charge in [-0.15, -0.1) is 0 Å². The maximum absolute atomic E-state index is 7.00. The lowest BCUT2D eigenvalue weighted by Crippen LogP contribution is -1.50. The lowest BCUT2D eigenvalue weighted by Gasteiger charge is -1.69. The molecule has 0 aliphatic heterocycles. The van der Waals surface area contributed by atoms with Gasteiger partial charge in [-0.3, -0.25) is 0 Å². The third kappa shape index (κ3) is 11.3. The highest BCUT2D eigenvalue weighted by Crippen LogP contribution is 2.05. The van der Waals surface area contributed by atoms with Crippen LogP contribution in [0.3, 0.4) is 0 Å². The molecule has 0 bridgehead atoms. The Bertz CT molecular complexity index is 44.9. The molecule has 1 aliphatic carbocycles. The minimum atomic E-state index is 1.00. The molecule has 0 atom stereocenters. The Morgan fingerprint density at radius 1 is 0.889 bits per heavy atom. The molecule has 0 radical (unpaired) electrons. The first-order valence-corrected chi connectivity index (χ1v) is 3.04. The molecular formula is C7H16O2. The van der Waals surface area contributed by atoms with Gasteiger partial charge in [-0.25, -0.2) is 0 Å². The molecule has 0 amide bonds. The predicted octanol–water partition coefficient (Wildman–Crippen LogP) is 0.944. The van der Waals surface area contributed by atoms with Crippen LogP contribution in [0.5, 0.6) is 0 Å². The quantitative estimate of drug-likeness (QED) is 0.482. The zero-order chi connectivity index (χ0) is 7.54. The SMILES string of the molecule is C1=CCCC1.CO.CO. The van der Waals surface area contributed by atoms with Crippen LogP contribution >= 0.6 is 0 Å². The second-order valence-corrected chi connectivity index (χ2v) is 1.40. The van der Waals surface area contributed by atoms with Gasteiger partial charge in [-0.2, -0.15) is 0 Å². The summed E-state index contributed by atoms with van der Waals surface area (Å²) in [5, 5.41) is 14.0. The molecule has 0 spiro atoms. The maximum atomic E-state index is 7.00. The monoisotopic (exact) mass is 132 g/mol. The zero-order valence-electron chi connectivity index (χ0n) is 6.17. The summed E-state index contributed by atoms with van der Waals surface area (Å²) >= 11 is 0. The van der Waals surface area contributed by atoms with Gasteiger partial charge in [-0.05, 0) is 19.3 Å². The van der Waals surface area contributed by atoms with E-state index < -0.39 is 0 Å². The molecule has 1 aliphatic rings. The molecule has 56 valence electrons. The molecule has 1 rings (SSSR count). The Hall–Kier alpha value is -0.340. The number of rotatable bonds is 0. The van der Waals surface area contributed by atoms with Crippen molar-refractivity contribution in [2.75, 3.05) is 14.2 Å². The van der Waals surface area contributed by atoms with E-state index in [2.05, 4.69) is 12.2 Å². The average molecular weight is 132 g/mol. The first-order chi connectivity index (χ1) is 4.50. The highest BCUT2D eigenvalue weighted by atomic mass is 16.2. The van der Waals surface area contributed by atoms with Crippen molar-refractivity contribution >= 4 is 0 Å². The summed E-state index contributed by atoms with van der Waals surface area (Å²) in [4.78, 5) is 0. The number of allylic oxidation sites excluding steroid dienone is 2. The standard InChI is InChI=1S/C5H8.2CH4O/c1-2-4-5-3-1;2*1-2/h1-2H,3-5H2;2*2H,1H3. The summed E-state index contributed by atoms with van der Waals surface area (Å²) in [6.45, 7) is 0. The third-order valence-corrected chi connectivity index (χ3v) is 0.908. The number of aliphatic hydroxyl groups excluding tert-OH is 2. The van der Waals surface area contributed by atoms with E-state index in [1.165, 1.54) is 19.3 Å².